The van der Waals surface area contributed by atoms with Crippen LogP contribution in [0.15, 0.2) is 48.5 Å². The Bertz CT molecular complexity index is 727. The van der Waals surface area contributed by atoms with E-state index in [-0.39, 0.29) is 5.91 Å². The fourth-order valence-electron chi connectivity index (χ4n) is 3.14. The Kier molecular flexibility index (Phi) is 6.53. The number of nitrogens with zero attached hydrogens (tertiary/aromatic N) is 1. The lowest BCUT2D eigenvalue weighted by Gasteiger charge is -2.16. The van der Waals surface area contributed by atoms with Crippen molar-refractivity contribution in [2.45, 2.75) is 39.0 Å². The molecule has 0 unspecified atom stereocenters. The third kappa shape index (κ3) is 5.48. The van der Waals surface area contributed by atoms with Crippen LogP contribution >= 0.6 is 11.6 Å². The van der Waals surface area contributed by atoms with E-state index in [1.807, 2.05) is 6.07 Å². The lowest BCUT2D eigenvalue weighted by Crippen LogP contribution is -2.35. The molecule has 0 saturated carbocycles. The molecule has 1 N–H and O–H groups in total. The van der Waals surface area contributed by atoms with E-state index in [0.717, 1.165) is 12.1 Å². The predicted molar refractivity (Wildman–Crippen MR) is 104 cm³/mol. The maximum atomic E-state index is 12.3. The number of halogens is 1. The normalized spacial score (nSPS) is 15.6. The van der Waals surface area contributed by atoms with Crippen LogP contribution in [0.3, 0.4) is 0 Å². The summed E-state index contributed by atoms with van der Waals surface area (Å²) in [6.45, 7) is 5.59. The molecule has 138 valence electrons. The van der Waals surface area contributed by atoms with Crippen molar-refractivity contribution in [3.8, 4) is 5.75 Å². The van der Waals surface area contributed by atoms with Gasteiger partial charge in [-0.3, -0.25) is 9.69 Å². The molecule has 1 fully saturated rings. The highest BCUT2D eigenvalue weighted by Gasteiger charge is 2.15. The van der Waals surface area contributed by atoms with Crippen molar-refractivity contribution < 1.29 is 9.53 Å². The predicted octanol–water partition coefficient (Wildman–Crippen LogP) is 4.02. The van der Waals surface area contributed by atoms with Crippen LogP contribution in [-0.2, 0) is 17.9 Å². The standard InChI is InChI=1S/C21H25ClN2O2/c1-16(26-20-9-7-19(22)8-10-20)21(25)23-14-17-5-4-6-18(13-17)15-24-11-2-3-12-24/h4-10,13,16H,2-3,11-12,14-15H2,1H3,(H,23,25)/t16-/m1/s1. The Morgan fingerprint density at radius 3 is 2.58 bits per heavy atom. The number of carbonyl (C=O) groups is 1. The number of hydrogen-bond acceptors (Lipinski definition) is 3. The molecule has 1 saturated heterocycles. The van der Waals surface area contributed by atoms with E-state index in [1.54, 1.807) is 31.2 Å². The first-order valence-electron chi connectivity index (χ1n) is 9.10. The van der Waals surface area contributed by atoms with Gasteiger partial charge in [0.2, 0.25) is 0 Å². The molecule has 0 spiro atoms. The minimum Gasteiger partial charge on any atom is -0.481 e. The van der Waals surface area contributed by atoms with Crippen molar-refractivity contribution in [3.63, 3.8) is 0 Å². The van der Waals surface area contributed by atoms with Gasteiger partial charge >= 0.3 is 0 Å². The first-order valence-corrected chi connectivity index (χ1v) is 9.48. The zero-order valence-electron chi connectivity index (χ0n) is 15.1. The zero-order chi connectivity index (χ0) is 18.4. The summed E-state index contributed by atoms with van der Waals surface area (Å²) >= 11 is 5.86. The molecule has 0 aliphatic carbocycles. The first kappa shape index (κ1) is 18.7. The summed E-state index contributed by atoms with van der Waals surface area (Å²) in [5, 5.41) is 3.59. The van der Waals surface area contributed by atoms with Gasteiger partial charge in [-0.25, -0.2) is 0 Å². The number of benzene rings is 2. The summed E-state index contributed by atoms with van der Waals surface area (Å²) < 4.78 is 5.65. The molecule has 1 atom stereocenters. The van der Waals surface area contributed by atoms with Gasteiger partial charge in [-0.1, -0.05) is 35.9 Å². The molecule has 0 aromatic heterocycles. The summed E-state index contributed by atoms with van der Waals surface area (Å²) in [6, 6.07) is 15.4. The maximum Gasteiger partial charge on any atom is 0.261 e. The number of amides is 1. The monoisotopic (exact) mass is 372 g/mol. The molecule has 0 bridgehead atoms. The Morgan fingerprint density at radius 2 is 1.85 bits per heavy atom. The van der Waals surface area contributed by atoms with Crippen molar-refractivity contribution in [3.05, 3.63) is 64.7 Å². The van der Waals surface area contributed by atoms with Crippen molar-refractivity contribution in [2.24, 2.45) is 0 Å². The summed E-state index contributed by atoms with van der Waals surface area (Å²) in [7, 11) is 0. The van der Waals surface area contributed by atoms with Gasteiger partial charge in [0, 0.05) is 18.1 Å². The van der Waals surface area contributed by atoms with E-state index >= 15 is 0 Å². The molecule has 2 aromatic carbocycles. The van der Waals surface area contributed by atoms with E-state index in [9.17, 15) is 4.79 Å². The van der Waals surface area contributed by atoms with Crippen LogP contribution < -0.4 is 10.1 Å². The number of hydrogen-bond donors (Lipinski definition) is 1. The van der Waals surface area contributed by atoms with Gasteiger partial charge in [0.15, 0.2) is 6.10 Å². The number of nitrogens with one attached hydrogen (secondary N) is 1. The topological polar surface area (TPSA) is 41.6 Å². The number of ether oxygens (including phenoxy) is 1. The van der Waals surface area contributed by atoms with Crippen molar-refractivity contribution in [1.82, 2.24) is 10.2 Å². The lowest BCUT2D eigenvalue weighted by atomic mass is 10.1. The minimum absolute atomic E-state index is 0.134. The first-order chi connectivity index (χ1) is 12.6. The molecular weight excluding hydrogens is 348 g/mol. The van der Waals surface area contributed by atoms with Gasteiger partial charge in [0.25, 0.3) is 5.91 Å². The molecule has 4 nitrogen and oxygen atoms in total. The van der Waals surface area contributed by atoms with E-state index < -0.39 is 6.10 Å². The SMILES string of the molecule is C[C@@H](Oc1ccc(Cl)cc1)C(=O)NCc1cccc(CN2CCCC2)c1. The molecule has 2 aromatic rings. The minimum atomic E-state index is -0.566. The smallest absolute Gasteiger partial charge is 0.261 e. The second kappa shape index (κ2) is 9.06. The maximum absolute atomic E-state index is 12.3. The second-order valence-electron chi connectivity index (χ2n) is 6.74. The molecule has 1 aliphatic rings. The molecule has 1 aliphatic heterocycles. The van der Waals surface area contributed by atoms with Crippen LogP contribution in [0.25, 0.3) is 0 Å². The largest absolute Gasteiger partial charge is 0.481 e. The average molecular weight is 373 g/mol. The third-order valence-corrected chi connectivity index (χ3v) is 4.81. The van der Waals surface area contributed by atoms with E-state index in [2.05, 4.69) is 28.4 Å². The zero-order valence-corrected chi connectivity index (χ0v) is 15.8. The van der Waals surface area contributed by atoms with Crippen molar-refractivity contribution >= 4 is 17.5 Å². The number of rotatable bonds is 7. The Balaban J connectivity index is 1.49. The third-order valence-electron chi connectivity index (χ3n) is 4.56. The van der Waals surface area contributed by atoms with Gasteiger partial charge < -0.3 is 10.1 Å². The summed E-state index contributed by atoms with van der Waals surface area (Å²) in [6.07, 6.45) is 2.02. The molecule has 5 heteroatoms. The van der Waals surface area contributed by atoms with Gasteiger partial charge in [0.05, 0.1) is 0 Å². The average Bonchev–Trinajstić information content (AvgIpc) is 3.15. The van der Waals surface area contributed by atoms with Gasteiger partial charge in [-0.2, -0.15) is 0 Å². The van der Waals surface area contributed by atoms with Crippen LogP contribution in [-0.4, -0.2) is 30.0 Å². The van der Waals surface area contributed by atoms with E-state index in [4.69, 9.17) is 16.3 Å². The van der Waals surface area contributed by atoms with Crippen LogP contribution in [0.5, 0.6) is 5.75 Å². The number of likely N-dealkylation sites (tertiary alicyclic amines) is 1. The van der Waals surface area contributed by atoms with Crippen molar-refractivity contribution in [1.29, 1.82) is 0 Å². The molecule has 3 rings (SSSR count). The molecule has 26 heavy (non-hydrogen) atoms. The molecule has 1 heterocycles. The Labute approximate surface area is 160 Å². The van der Waals surface area contributed by atoms with Crippen LogP contribution in [0.2, 0.25) is 5.02 Å². The fraction of sp³-hybridized carbons (Fsp3) is 0.381. The molecule has 0 radical (unpaired) electrons. The van der Waals surface area contributed by atoms with Crippen LogP contribution in [0.1, 0.15) is 30.9 Å². The van der Waals surface area contributed by atoms with Crippen LogP contribution in [0.4, 0.5) is 0 Å². The highest BCUT2D eigenvalue weighted by molar-refractivity contribution is 6.30. The summed E-state index contributed by atoms with van der Waals surface area (Å²) in [4.78, 5) is 14.8. The van der Waals surface area contributed by atoms with E-state index in [1.165, 1.54) is 31.5 Å². The fourth-order valence-corrected chi connectivity index (χ4v) is 3.27. The van der Waals surface area contributed by atoms with Crippen molar-refractivity contribution in [2.75, 3.05) is 13.1 Å². The van der Waals surface area contributed by atoms with Gasteiger partial charge in [-0.15, -0.1) is 0 Å². The van der Waals surface area contributed by atoms with Gasteiger partial charge in [-0.05, 0) is 68.2 Å². The highest BCUT2D eigenvalue weighted by Crippen LogP contribution is 2.17. The lowest BCUT2D eigenvalue weighted by molar-refractivity contribution is -0.127. The quantitative estimate of drug-likeness (QED) is 0.798. The Morgan fingerprint density at radius 1 is 1.15 bits per heavy atom. The highest BCUT2D eigenvalue weighted by atomic mass is 35.5. The van der Waals surface area contributed by atoms with E-state index in [0.29, 0.717) is 17.3 Å². The second-order valence-corrected chi connectivity index (χ2v) is 7.17. The summed E-state index contributed by atoms with van der Waals surface area (Å²) in [5.41, 5.74) is 2.40. The molecule has 1 amide bonds. The summed E-state index contributed by atoms with van der Waals surface area (Å²) in [5.74, 6) is 0.495. The molecular formula is C21H25ClN2O2. The Hall–Kier alpha value is -2.04. The number of carbonyl (C=O) groups excluding carboxylic acids is 1. The van der Waals surface area contributed by atoms with Crippen LogP contribution in [0, 0.1) is 0 Å². The van der Waals surface area contributed by atoms with Gasteiger partial charge in [0.1, 0.15) is 5.75 Å².